The van der Waals surface area contributed by atoms with Crippen LogP contribution in [0.3, 0.4) is 0 Å². The van der Waals surface area contributed by atoms with Crippen LogP contribution in [0.1, 0.15) is 39.5 Å². The Labute approximate surface area is 98.4 Å². The van der Waals surface area contributed by atoms with Crippen molar-refractivity contribution in [3.05, 3.63) is 0 Å². The van der Waals surface area contributed by atoms with E-state index in [4.69, 9.17) is 0 Å². The highest BCUT2D eigenvalue weighted by atomic mass is 16.1. The zero-order valence-electron chi connectivity index (χ0n) is 10.5. The van der Waals surface area contributed by atoms with Crippen LogP contribution in [-0.2, 0) is 4.79 Å². The molecular weight excluding hydrogens is 200 g/mol. The second kappa shape index (κ2) is 5.17. The summed E-state index contributed by atoms with van der Waals surface area (Å²) >= 11 is 0. The first-order valence-corrected chi connectivity index (χ1v) is 6.67. The van der Waals surface area contributed by atoms with Crippen LogP contribution >= 0.6 is 0 Å². The van der Waals surface area contributed by atoms with Crippen molar-refractivity contribution in [2.45, 2.75) is 45.6 Å². The Morgan fingerprint density at radius 2 is 1.75 bits per heavy atom. The molecule has 0 saturated heterocycles. The van der Waals surface area contributed by atoms with Gasteiger partial charge in [-0.15, -0.1) is 0 Å². The first-order valence-electron chi connectivity index (χ1n) is 6.67. The summed E-state index contributed by atoms with van der Waals surface area (Å²) < 4.78 is 0. The Balaban J connectivity index is 1.63. The van der Waals surface area contributed by atoms with Crippen LogP contribution in [0.2, 0.25) is 0 Å². The topological polar surface area (TPSA) is 41.1 Å². The highest BCUT2D eigenvalue weighted by Crippen LogP contribution is 2.44. The monoisotopic (exact) mass is 224 g/mol. The number of hydrogen-bond acceptors (Lipinski definition) is 2. The molecule has 0 aromatic rings. The fraction of sp³-hybridized carbons (Fsp3) is 0.923. The lowest BCUT2D eigenvalue weighted by Crippen LogP contribution is -2.42. The molecule has 2 saturated carbocycles. The van der Waals surface area contributed by atoms with Gasteiger partial charge in [0, 0.05) is 12.6 Å². The normalized spacial score (nSPS) is 20.5. The van der Waals surface area contributed by atoms with Crippen molar-refractivity contribution in [1.82, 2.24) is 10.6 Å². The molecular formula is C13H24N2O. The third kappa shape index (κ3) is 3.78. The van der Waals surface area contributed by atoms with Crippen molar-refractivity contribution in [3.8, 4) is 0 Å². The summed E-state index contributed by atoms with van der Waals surface area (Å²) in [5.41, 5.74) is 0. The van der Waals surface area contributed by atoms with Gasteiger partial charge < -0.3 is 10.6 Å². The van der Waals surface area contributed by atoms with E-state index in [1.165, 1.54) is 25.7 Å². The lowest BCUT2D eigenvalue weighted by Gasteiger charge is -2.17. The highest BCUT2D eigenvalue weighted by molar-refractivity contribution is 5.78. The third-order valence-corrected chi connectivity index (χ3v) is 3.47. The number of hydrogen-bond donors (Lipinski definition) is 2. The molecule has 16 heavy (non-hydrogen) atoms. The number of carbonyl (C=O) groups excluding carboxylic acids is 1. The highest BCUT2D eigenvalue weighted by Gasteiger charge is 2.41. The predicted octanol–water partition coefficient (Wildman–Crippen LogP) is 1.54. The molecule has 2 aliphatic rings. The van der Waals surface area contributed by atoms with Crippen molar-refractivity contribution in [2.24, 2.45) is 17.8 Å². The Kier molecular flexibility index (Phi) is 3.85. The van der Waals surface area contributed by atoms with E-state index in [0.717, 1.165) is 18.4 Å². The van der Waals surface area contributed by atoms with Gasteiger partial charge in [0.1, 0.15) is 0 Å². The van der Waals surface area contributed by atoms with Gasteiger partial charge in [-0.2, -0.15) is 0 Å². The average Bonchev–Trinajstić information content (AvgIpc) is 3.07. The first kappa shape index (κ1) is 11.9. The van der Waals surface area contributed by atoms with Crippen LogP contribution in [0, 0.1) is 17.8 Å². The van der Waals surface area contributed by atoms with E-state index >= 15 is 0 Å². The Morgan fingerprint density at radius 1 is 1.19 bits per heavy atom. The van der Waals surface area contributed by atoms with Crippen molar-refractivity contribution in [1.29, 1.82) is 0 Å². The molecule has 2 fully saturated rings. The van der Waals surface area contributed by atoms with Gasteiger partial charge in [0.2, 0.25) is 5.91 Å². The lowest BCUT2D eigenvalue weighted by atomic mass is 10.1. The molecule has 0 aromatic carbocycles. The first-order chi connectivity index (χ1) is 7.66. The zero-order chi connectivity index (χ0) is 11.5. The summed E-state index contributed by atoms with van der Waals surface area (Å²) in [6.07, 6.45) is 5.45. The summed E-state index contributed by atoms with van der Waals surface area (Å²) in [7, 11) is 0. The van der Waals surface area contributed by atoms with Crippen molar-refractivity contribution >= 4 is 5.91 Å². The fourth-order valence-corrected chi connectivity index (χ4v) is 2.22. The van der Waals surface area contributed by atoms with Gasteiger partial charge in [0.15, 0.2) is 0 Å². The lowest BCUT2D eigenvalue weighted by molar-refractivity contribution is -0.120. The predicted molar refractivity (Wildman–Crippen MR) is 65.1 cm³/mol. The summed E-state index contributed by atoms with van der Waals surface area (Å²) in [4.78, 5) is 11.6. The van der Waals surface area contributed by atoms with Crippen LogP contribution < -0.4 is 10.6 Å². The molecule has 3 heteroatoms. The maximum absolute atomic E-state index is 11.6. The number of nitrogens with one attached hydrogen (secondary N) is 2. The molecule has 0 aliphatic heterocycles. The summed E-state index contributed by atoms with van der Waals surface area (Å²) in [5, 5.41) is 6.41. The minimum atomic E-state index is 0.153. The Hall–Kier alpha value is -0.570. The molecule has 0 atom stereocenters. The average molecular weight is 224 g/mol. The molecule has 2 aliphatic carbocycles. The van der Waals surface area contributed by atoms with E-state index in [0.29, 0.717) is 18.5 Å². The molecule has 1 amide bonds. The van der Waals surface area contributed by atoms with Crippen LogP contribution in [0.4, 0.5) is 0 Å². The Morgan fingerprint density at radius 3 is 2.19 bits per heavy atom. The molecule has 0 spiro atoms. The van der Waals surface area contributed by atoms with Gasteiger partial charge in [0.05, 0.1) is 6.54 Å². The minimum absolute atomic E-state index is 0.153. The standard InChI is InChI=1S/C13H24N2O/c1-9(2)7-14-12(16)8-15-13(10-3-4-10)11-5-6-11/h9-11,13,15H,3-8H2,1-2H3,(H,14,16). The molecule has 0 aromatic heterocycles. The van der Waals surface area contributed by atoms with E-state index in [1.54, 1.807) is 0 Å². The van der Waals surface area contributed by atoms with Crippen LogP contribution in [0.25, 0.3) is 0 Å². The maximum Gasteiger partial charge on any atom is 0.233 e. The summed E-state index contributed by atoms with van der Waals surface area (Å²) in [6, 6.07) is 0.629. The van der Waals surface area contributed by atoms with Crippen molar-refractivity contribution in [3.63, 3.8) is 0 Å². The zero-order valence-corrected chi connectivity index (χ0v) is 10.5. The SMILES string of the molecule is CC(C)CNC(=O)CNC(C1CC1)C1CC1. The molecule has 2 rings (SSSR count). The van der Waals surface area contributed by atoms with Crippen LogP contribution in [-0.4, -0.2) is 25.0 Å². The second-order valence-electron chi connectivity index (χ2n) is 5.78. The quantitative estimate of drug-likeness (QED) is 0.688. The minimum Gasteiger partial charge on any atom is -0.355 e. The van der Waals surface area contributed by atoms with Gasteiger partial charge in [-0.1, -0.05) is 13.8 Å². The van der Waals surface area contributed by atoms with Crippen LogP contribution in [0.5, 0.6) is 0 Å². The maximum atomic E-state index is 11.6. The van der Waals surface area contributed by atoms with Crippen molar-refractivity contribution < 1.29 is 4.79 Å². The van der Waals surface area contributed by atoms with Crippen molar-refractivity contribution in [2.75, 3.05) is 13.1 Å². The summed E-state index contributed by atoms with van der Waals surface area (Å²) in [5.74, 6) is 2.42. The van der Waals surface area contributed by atoms with Gasteiger partial charge in [0.25, 0.3) is 0 Å². The Bertz CT molecular complexity index is 232. The largest absolute Gasteiger partial charge is 0.355 e. The summed E-state index contributed by atoms with van der Waals surface area (Å²) in [6.45, 7) is 5.53. The molecule has 0 radical (unpaired) electrons. The smallest absolute Gasteiger partial charge is 0.233 e. The van der Waals surface area contributed by atoms with E-state index < -0.39 is 0 Å². The van der Waals surface area contributed by atoms with Gasteiger partial charge in [-0.25, -0.2) is 0 Å². The number of rotatable bonds is 7. The fourth-order valence-electron chi connectivity index (χ4n) is 2.22. The molecule has 0 unspecified atom stereocenters. The molecule has 0 bridgehead atoms. The second-order valence-corrected chi connectivity index (χ2v) is 5.78. The number of carbonyl (C=O) groups is 1. The van der Waals surface area contributed by atoms with Gasteiger partial charge in [-0.05, 0) is 43.4 Å². The molecule has 2 N–H and O–H groups in total. The van der Waals surface area contributed by atoms with E-state index in [9.17, 15) is 4.79 Å². The molecule has 92 valence electrons. The van der Waals surface area contributed by atoms with E-state index in [2.05, 4.69) is 24.5 Å². The van der Waals surface area contributed by atoms with Crippen LogP contribution in [0.15, 0.2) is 0 Å². The van der Waals surface area contributed by atoms with Gasteiger partial charge >= 0.3 is 0 Å². The third-order valence-electron chi connectivity index (χ3n) is 3.47. The molecule has 3 nitrogen and oxygen atoms in total. The van der Waals surface area contributed by atoms with E-state index in [-0.39, 0.29) is 5.91 Å². The number of amides is 1. The van der Waals surface area contributed by atoms with E-state index in [1.807, 2.05) is 0 Å². The van der Waals surface area contributed by atoms with Gasteiger partial charge in [-0.3, -0.25) is 4.79 Å². The molecule has 0 heterocycles.